The third kappa shape index (κ3) is 6.11. The van der Waals surface area contributed by atoms with E-state index in [1.165, 1.54) is 12.8 Å². The number of carbonyl (C=O) groups is 1. The second-order valence-corrected chi connectivity index (χ2v) is 12.3. The average molecular weight is 535 g/mol. The highest BCUT2D eigenvalue weighted by atomic mass is 32.2. The normalized spacial score (nSPS) is 20.5. The molecule has 12 heteroatoms. The van der Waals surface area contributed by atoms with Gasteiger partial charge in [0.05, 0.1) is 23.2 Å². The Morgan fingerprint density at radius 3 is 2.22 bits per heavy atom. The van der Waals surface area contributed by atoms with Crippen LogP contribution in [0, 0.1) is 12.3 Å². The van der Waals surface area contributed by atoms with E-state index in [0.717, 1.165) is 32.2 Å². The summed E-state index contributed by atoms with van der Waals surface area (Å²) in [7, 11) is -3.48. The summed E-state index contributed by atoms with van der Waals surface area (Å²) in [5.74, 6) is -2.50. The quantitative estimate of drug-likeness (QED) is 0.576. The first-order valence-electron chi connectivity index (χ1n) is 12.6. The van der Waals surface area contributed by atoms with Crippen molar-refractivity contribution in [2.45, 2.75) is 51.4 Å². The summed E-state index contributed by atoms with van der Waals surface area (Å²) in [5.41, 5.74) is 2.46. The number of anilines is 4. The average Bonchev–Trinajstić information content (AvgIpc) is 3.56. The maximum absolute atomic E-state index is 13.6. The minimum Gasteiger partial charge on any atom is -0.371 e. The fourth-order valence-electron chi connectivity index (χ4n) is 5.16. The van der Waals surface area contributed by atoms with Crippen molar-refractivity contribution in [3.8, 4) is 0 Å². The second-order valence-electron chi connectivity index (χ2n) is 10.6. The highest BCUT2D eigenvalue weighted by molar-refractivity contribution is 7.92. The Morgan fingerprint density at radius 1 is 0.946 bits per heavy atom. The maximum atomic E-state index is 13.6. The van der Waals surface area contributed by atoms with Crippen molar-refractivity contribution in [2.75, 3.05) is 52.3 Å². The van der Waals surface area contributed by atoms with Gasteiger partial charge in [-0.3, -0.25) is 14.8 Å². The van der Waals surface area contributed by atoms with E-state index in [-0.39, 0.29) is 31.9 Å². The molecule has 5 rings (SSSR count). The van der Waals surface area contributed by atoms with Crippen LogP contribution < -0.4 is 19.8 Å². The van der Waals surface area contributed by atoms with Crippen LogP contribution in [0.5, 0.6) is 0 Å². The van der Waals surface area contributed by atoms with E-state index < -0.39 is 21.9 Å². The van der Waals surface area contributed by atoms with E-state index in [1.807, 2.05) is 0 Å². The number of halogens is 2. The van der Waals surface area contributed by atoms with Gasteiger partial charge in [0.15, 0.2) is 0 Å². The van der Waals surface area contributed by atoms with E-state index in [2.05, 4.69) is 24.9 Å². The number of aryl methyl sites for hydroxylation is 1. The van der Waals surface area contributed by atoms with E-state index in [9.17, 15) is 22.0 Å². The summed E-state index contributed by atoms with van der Waals surface area (Å²) in [4.78, 5) is 26.1. The fourth-order valence-corrected chi connectivity index (χ4v) is 5.72. The monoisotopic (exact) mass is 534 g/mol. The predicted octanol–water partition coefficient (Wildman–Crippen LogP) is 4.02. The number of hydrogen-bond donors (Lipinski definition) is 2. The molecule has 2 N–H and O–H groups in total. The summed E-state index contributed by atoms with van der Waals surface area (Å²) in [6.07, 6.45) is 5.16. The molecule has 3 heterocycles. The highest BCUT2D eigenvalue weighted by Gasteiger charge is 2.44. The third-order valence-electron chi connectivity index (χ3n) is 7.55. The SMILES string of the molecule is Cc1cc(N2CCC(F)(F)CC2)nc(NC(=O)c2ccc(NS(C)(=O)=O)cc2N2CCC3(CC2)CC3)n1. The van der Waals surface area contributed by atoms with Crippen molar-refractivity contribution in [2.24, 2.45) is 5.41 Å². The Labute approximate surface area is 215 Å². The predicted molar refractivity (Wildman–Crippen MR) is 139 cm³/mol. The van der Waals surface area contributed by atoms with Gasteiger partial charge in [0.1, 0.15) is 5.82 Å². The van der Waals surface area contributed by atoms with Crippen molar-refractivity contribution in [3.63, 3.8) is 0 Å². The van der Waals surface area contributed by atoms with Crippen molar-refractivity contribution < 1.29 is 22.0 Å². The molecule has 3 aliphatic rings. The smallest absolute Gasteiger partial charge is 0.260 e. The molecule has 0 radical (unpaired) electrons. The van der Waals surface area contributed by atoms with Gasteiger partial charge in [-0.05, 0) is 56.2 Å². The number of benzene rings is 1. The zero-order valence-corrected chi connectivity index (χ0v) is 21.9. The van der Waals surface area contributed by atoms with Crippen LogP contribution in [-0.2, 0) is 10.0 Å². The summed E-state index contributed by atoms with van der Waals surface area (Å²) < 4.78 is 53.3. The summed E-state index contributed by atoms with van der Waals surface area (Å²) in [6.45, 7) is 3.68. The van der Waals surface area contributed by atoms with E-state index in [4.69, 9.17) is 0 Å². The highest BCUT2D eigenvalue weighted by Crippen LogP contribution is 2.54. The van der Waals surface area contributed by atoms with E-state index in [0.29, 0.717) is 33.9 Å². The van der Waals surface area contributed by atoms with Crippen LogP contribution in [-0.4, -0.2) is 62.7 Å². The first kappa shape index (κ1) is 25.6. The molecule has 3 fully saturated rings. The topological polar surface area (TPSA) is 108 Å². The molecular formula is C25H32F2N6O3S. The minimum absolute atomic E-state index is 0.0946. The number of rotatable bonds is 6. The number of sulfonamides is 1. The lowest BCUT2D eigenvalue weighted by Crippen LogP contribution is -2.40. The van der Waals surface area contributed by atoms with Crippen LogP contribution in [0.25, 0.3) is 0 Å². The molecule has 37 heavy (non-hydrogen) atoms. The van der Waals surface area contributed by atoms with Gasteiger partial charge in [-0.1, -0.05) is 0 Å². The number of carbonyl (C=O) groups excluding carboxylic acids is 1. The molecule has 1 amide bonds. The third-order valence-corrected chi connectivity index (χ3v) is 8.16. The molecule has 0 atom stereocenters. The maximum Gasteiger partial charge on any atom is 0.260 e. The Bertz CT molecular complexity index is 1300. The van der Waals surface area contributed by atoms with Crippen LogP contribution in [0.2, 0.25) is 0 Å². The minimum atomic E-state index is -3.48. The molecule has 1 aromatic heterocycles. The van der Waals surface area contributed by atoms with Gasteiger partial charge in [0, 0.05) is 50.8 Å². The van der Waals surface area contributed by atoms with Gasteiger partial charge in [0.25, 0.3) is 11.8 Å². The molecule has 2 saturated heterocycles. The molecule has 1 aromatic carbocycles. The van der Waals surface area contributed by atoms with Gasteiger partial charge in [0.2, 0.25) is 16.0 Å². The zero-order valence-electron chi connectivity index (χ0n) is 21.1. The van der Waals surface area contributed by atoms with Crippen molar-refractivity contribution >= 4 is 39.1 Å². The molecule has 9 nitrogen and oxygen atoms in total. The first-order chi connectivity index (χ1) is 17.4. The second kappa shape index (κ2) is 9.38. The Hall–Kier alpha value is -3.02. The van der Waals surface area contributed by atoms with Gasteiger partial charge in [-0.25, -0.2) is 22.2 Å². The van der Waals surface area contributed by atoms with Gasteiger partial charge < -0.3 is 9.80 Å². The lowest BCUT2D eigenvalue weighted by Gasteiger charge is -2.35. The molecule has 200 valence electrons. The van der Waals surface area contributed by atoms with Crippen LogP contribution in [0.4, 0.5) is 31.9 Å². The molecule has 1 spiro atoms. The number of hydrogen-bond acceptors (Lipinski definition) is 7. The fraction of sp³-hybridized carbons (Fsp3) is 0.560. The van der Waals surface area contributed by atoms with Crippen LogP contribution in [0.15, 0.2) is 24.3 Å². The molecule has 0 bridgehead atoms. The standard InChI is InChI=1S/C25H32F2N6O3S/c1-17-15-21(33-13-9-25(26,27)10-14-33)29-23(28-17)30-22(34)19-4-3-18(31-37(2,35)36)16-20(19)32-11-7-24(5-6-24)8-12-32/h3-4,15-16,31H,5-14H2,1-2H3,(H,28,29,30,34). The van der Waals surface area contributed by atoms with Crippen LogP contribution in [0.3, 0.4) is 0 Å². The van der Waals surface area contributed by atoms with Crippen molar-refractivity contribution in [3.05, 3.63) is 35.5 Å². The zero-order chi connectivity index (χ0) is 26.4. The van der Waals surface area contributed by atoms with E-state index in [1.54, 1.807) is 36.1 Å². The van der Waals surface area contributed by atoms with Gasteiger partial charge >= 0.3 is 0 Å². The Balaban J connectivity index is 1.39. The number of nitrogens with zero attached hydrogens (tertiary/aromatic N) is 4. The van der Waals surface area contributed by atoms with Crippen molar-refractivity contribution in [1.29, 1.82) is 0 Å². The number of piperidine rings is 2. The van der Waals surface area contributed by atoms with Crippen LogP contribution in [0.1, 0.15) is 54.6 Å². The molecule has 2 aromatic rings. The van der Waals surface area contributed by atoms with Gasteiger partial charge in [-0.2, -0.15) is 4.98 Å². The van der Waals surface area contributed by atoms with Crippen molar-refractivity contribution in [1.82, 2.24) is 9.97 Å². The number of aromatic nitrogens is 2. The number of alkyl halides is 2. The lowest BCUT2D eigenvalue weighted by molar-refractivity contribution is -0.0221. The molecule has 1 aliphatic carbocycles. The largest absolute Gasteiger partial charge is 0.371 e. The Kier molecular flexibility index (Phi) is 6.49. The Morgan fingerprint density at radius 2 is 1.59 bits per heavy atom. The van der Waals surface area contributed by atoms with Gasteiger partial charge in [-0.15, -0.1) is 0 Å². The lowest BCUT2D eigenvalue weighted by atomic mass is 9.93. The molecule has 2 aliphatic heterocycles. The molecule has 1 saturated carbocycles. The number of nitrogens with one attached hydrogen (secondary N) is 2. The first-order valence-corrected chi connectivity index (χ1v) is 14.5. The molecule has 0 unspecified atom stereocenters. The van der Waals surface area contributed by atoms with Crippen LogP contribution >= 0.6 is 0 Å². The summed E-state index contributed by atoms with van der Waals surface area (Å²) >= 11 is 0. The summed E-state index contributed by atoms with van der Waals surface area (Å²) in [5, 5.41) is 2.77. The van der Waals surface area contributed by atoms with E-state index >= 15 is 0 Å². The number of amides is 1. The molecular weight excluding hydrogens is 502 g/mol. The summed E-state index contributed by atoms with van der Waals surface area (Å²) in [6, 6.07) is 6.57.